The van der Waals surface area contributed by atoms with Crippen LogP contribution in [0.25, 0.3) is 5.57 Å². The molecule has 0 saturated carbocycles. The van der Waals surface area contributed by atoms with Crippen LogP contribution in [0.4, 0.5) is 0 Å². The van der Waals surface area contributed by atoms with Gasteiger partial charge in [0.2, 0.25) is 4.99 Å². The molecule has 2 heterocycles. The smallest absolute Gasteiger partial charge is 0.211 e. The second kappa shape index (κ2) is 3.47. The summed E-state index contributed by atoms with van der Waals surface area (Å²) in [5.74, 6) is 0. The van der Waals surface area contributed by atoms with Gasteiger partial charge in [-0.2, -0.15) is 0 Å². The van der Waals surface area contributed by atoms with E-state index in [1.54, 1.807) is 12.3 Å². The van der Waals surface area contributed by atoms with E-state index in [-0.39, 0.29) is 5.06 Å². The van der Waals surface area contributed by atoms with Crippen molar-refractivity contribution in [3.05, 3.63) is 40.1 Å². The summed E-state index contributed by atoms with van der Waals surface area (Å²) >= 11 is 6.48. The predicted octanol–water partition coefficient (Wildman–Crippen LogP) is 0.764. The summed E-state index contributed by atoms with van der Waals surface area (Å²) < 4.78 is 0. The number of rotatable bonds is 1. The zero-order valence-electron chi connectivity index (χ0n) is 6.56. The highest BCUT2D eigenvalue weighted by molar-refractivity contribution is 7.81. The predicted molar refractivity (Wildman–Crippen MR) is 56.2 cm³/mol. The van der Waals surface area contributed by atoms with E-state index < -0.39 is 0 Å². The molecule has 1 aliphatic heterocycles. The molecule has 1 N–H and O–H groups in total. The summed E-state index contributed by atoms with van der Waals surface area (Å²) in [6.07, 6.45) is 6.70. The van der Waals surface area contributed by atoms with Crippen LogP contribution in [0.5, 0.6) is 0 Å². The number of allylic oxidation sites excluding steroid dienone is 2. The first-order chi connectivity index (χ1) is 6.29. The summed E-state index contributed by atoms with van der Waals surface area (Å²) in [6.45, 7) is 0. The van der Waals surface area contributed by atoms with Crippen LogP contribution < -0.4 is 5.06 Å². The zero-order chi connectivity index (χ0) is 9.26. The maximum absolute atomic E-state index is 11.2. The van der Waals surface area contributed by atoms with Gasteiger partial charge in [-0.25, -0.2) is 4.98 Å². The van der Waals surface area contributed by atoms with Crippen LogP contribution in [-0.2, 0) is 0 Å². The number of nitrogens with zero attached hydrogens (tertiary/aromatic N) is 1. The minimum absolute atomic E-state index is 0.109. The van der Waals surface area contributed by atoms with E-state index in [1.165, 1.54) is 17.5 Å². The van der Waals surface area contributed by atoms with E-state index in [2.05, 4.69) is 4.98 Å². The van der Waals surface area contributed by atoms with Crippen LogP contribution >= 0.6 is 23.6 Å². The first-order valence-electron chi connectivity index (χ1n) is 3.66. The second-order valence-electron chi connectivity index (χ2n) is 2.47. The van der Waals surface area contributed by atoms with Crippen molar-refractivity contribution in [3.8, 4) is 0 Å². The number of aromatic nitrogens is 1. The van der Waals surface area contributed by atoms with Crippen molar-refractivity contribution in [2.45, 2.75) is 0 Å². The molecular formula is C8H6N2OS2. The number of quaternary nitrogens is 1. The van der Waals surface area contributed by atoms with Gasteiger partial charge in [0.25, 0.3) is 0 Å². The Morgan fingerprint density at radius 3 is 3.08 bits per heavy atom. The fraction of sp³-hybridized carbons (Fsp3) is 0. The molecule has 0 amide bonds. The fourth-order valence-corrected chi connectivity index (χ4v) is 2.01. The summed E-state index contributed by atoms with van der Waals surface area (Å²) in [5.41, 5.74) is 0.762. The highest BCUT2D eigenvalue weighted by Gasteiger charge is 2.17. The Morgan fingerprint density at radius 2 is 2.38 bits per heavy atom. The molecule has 0 saturated heterocycles. The molecule has 3 nitrogen and oxygen atoms in total. The summed E-state index contributed by atoms with van der Waals surface area (Å²) in [6, 6.07) is 0. The van der Waals surface area contributed by atoms with Gasteiger partial charge in [-0.1, -0.05) is 0 Å². The minimum atomic E-state index is -0.109. The summed E-state index contributed by atoms with van der Waals surface area (Å²) in [7, 11) is 0. The fourth-order valence-electron chi connectivity index (χ4n) is 1.04. The third-order valence-corrected chi connectivity index (χ3v) is 2.87. The molecule has 0 fully saturated rings. The van der Waals surface area contributed by atoms with Gasteiger partial charge in [0.05, 0.1) is 11.8 Å². The Morgan fingerprint density at radius 1 is 1.54 bits per heavy atom. The van der Waals surface area contributed by atoms with Gasteiger partial charge in [-0.3, -0.25) is 0 Å². The molecule has 13 heavy (non-hydrogen) atoms. The molecule has 1 aromatic rings. The molecule has 0 aromatic carbocycles. The van der Waals surface area contributed by atoms with Crippen LogP contribution in [0.3, 0.4) is 0 Å². The molecule has 0 spiro atoms. The van der Waals surface area contributed by atoms with Crippen molar-refractivity contribution in [1.29, 1.82) is 0 Å². The molecule has 1 aromatic heterocycles. The normalized spacial score (nSPS) is 21.8. The molecule has 1 aliphatic rings. The Bertz CT molecular complexity index is 381. The van der Waals surface area contributed by atoms with Gasteiger partial charge < -0.3 is 10.3 Å². The highest BCUT2D eigenvalue weighted by Crippen LogP contribution is 2.18. The number of hydrogen-bond acceptors (Lipinski definition) is 4. The Kier molecular flexibility index (Phi) is 2.32. The van der Waals surface area contributed by atoms with Crippen molar-refractivity contribution in [1.82, 2.24) is 4.98 Å². The molecule has 0 bridgehead atoms. The molecule has 1 atom stereocenters. The number of nitrogens with one attached hydrogen (secondary N) is 1. The third kappa shape index (κ3) is 1.59. The lowest BCUT2D eigenvalue weighted by molar-refractivity contribution is -0.678. The van der Waals surface area contributed by atoms with Gasteiger partial charge in [0.1, 0.15) is 5.01 Å². The maximum atomic E-state index is 11.2. The first-order valence-corrected chi connectivity index (χ1v) is 4.95. The van der Waals surface area contributed by atoms with Crippen molar-refractivity contribution in [2.24, 2.45) is 0 Å². The quantitative estimate of drug-likeness (QED) is 0.549. The molecule has 1 unspecified atom stereocenters. The summed E-state index contributed by atoms with van der Waals surface area (Å²) in [5, 5.41) is 13.8. The monoisotopic (exact) mass is 210 g/mol. The van der Waals surface area contributed by atoms with Gasteiger partial charge >= 0.3 is 0 Å². The van der Waals surface area contributed by atoms with E-state index in [1.807, 2.05) is 11.5 Å². The zero-order valence-corrected chi connectivity index (χ0v) is 8.19. The molecule has 2 rings (SSSR count). The van der Waals surface area contributed by atoms with Crippen molar-refractivity contribution in [3.63, 3.8) is 0 Å². The van der Waals surface area contributed by atoms with Gasteiger partial charge in [0.15, 0.2) is 0 Å². The van der Waals surface area contributed by atoms with Crippen LogP contribution in [-0.4, -0.2) is 9.97 Å². The Balaban J connectivity index is 2.39. The van der Waals surface area contributed by atoms with E-state index in [4.69, 9.17) is 12.2 Å². The largest absolute Gasteiger partial charge is 0.623 e. The lowest BCUT2D eigenvalue weighted by Gasteiger charge is -2.20. The van der Waals surface area contributed by atoms with Crippen molar-refractivity contribution < 1.29 is 5.06 Å². The van der Waals surface area contributed by atoms with Gasteiger partial charge in [0, 0.05) is 11.6 Å². The summed E-state index contributed by atoms with van der Waals surface area (Å²) in [4.78, 5) is 4.46. The lowest BCUT2D eigenvalue weighted by atomic mass is 10.2. The molecule has 5 heteroatoms. The number of hydroxylamine groups is 2. The highest BCUT2D eigenvalue weighted by atomic mass is 32.1. The molecular weight excluding hydrogens is 204 g/mol. The van der Waals surface area contributed by atoms with Crippen LogP contribution in [0, 0.1) is 5.21 Å². The van der Waals surface area contributed by atoms with E-state index in [0.29, 0.717) is 4.99 Å². The van der Waals surface area contributed by atoms with Gasteiger partial charge in [-0.05, 0) is 24.4 Å². The minimum Gasteiger partial charge on any atom is -0.623 e. The van der Waals surface area contributed by atoms with Crippen LogP contribution in [0.1, 0.15) is 5.01 Å². The topological polar surface area (TPSA) is 40.4 Å². The van der Waals surface area contributed by atoms with E-state index in [0.717, 1.165) is 10.6 Å². The Labute approximate surface area is 84.6 Å². The number of thiazole rings is 1. The standard InChI is InChI=1S/C8H6N2OS2/c11-10-4-1-2-6(8(10)12)7-9-3-5-13-7/h1-5,10H. The third-order valence-electron chi connectivity index (χ3n) is 1.64. The first kappa shape index (κ1) is 8.71. The second-order valence-corrected chi connectivity index (χ2v) is 3.77. The van der Waals surface area contributed by atoms with Gasteiger partial charge in [-0.15, -0.1) is 11.3 Å². The molecule has 0 radical (unpaired) electrons. The van der Waals surface area contributed by atoms with E-state index in [9.17, 15) is 5.21 Å². The van der Waals surface area contributed by atoms with Crippen molar-refractivity contribution >= 4 is 34.1 Å². The lowest BCUT2D eigenvalue weighted by Crippen LogP contribution is -3.05. The average molecular weight is 210 g/mol. The number of hydrogen-bond donors (Lipinski definition) is 1. The van der Waals surface area contributed by atoms with Crippen LogP contribution in [0.15, 0.2) is 29.9 Å². The molecule has 0 aliphatic carbocycles. The Hall–Kier alpha value is -0.880. The van der Waals surface area contributed by atoms with Crippen LogP contribution in [0.2, 0.25) is 0 Å². The average Bonchev–Trinajstić information content (AvgIpc) is 2.62. The molecule has 66 valence electrons. The number of thiocarbonyl (C=S) groups is 1. The van der Waals surface area contributed by atoms with Crippen molar-refractivity contribution in [2.75, 3.05) is 0 Å². The van der Waals surface area contributed by atoms with E-state index >= 15 is 0 Å². The maximum Gasteiger partial charge on any atom is 0.211 e. The SMILES string of the molecule is [O-][NH+]1C=CC=C(c2nccs2)C1=S.